The summed E-state index contributed by atoms with van der Waals surface area (Å²) >= 11 is 5.91. The predicted octanol–water partition coefficient (Wildman–Crippen LogP) is 2.80. The molecule has 0 saturated carbocycles. The number of nitrogens with zero attached hydrogens (tertiary/aromatic N) is 1. The van der Waals surface area contributed by atoms with Crippen LogP contribution >= 0.6 is 11.6 Å². The molecule has 1 aliphatic rings. The number of carbonyl (C=O) groups is 2. The Bertz CT molecular complexity index is 586. The second-order valence-corrected chi connectivity index (χ2v) is 6.28. The molecule has 0 radical (unpaired) electrons. The maximum atomic E-state index is 12.1. The fourth-order valence-electron chi connectivity index (χ4n) is 2.68. The summed E-state index contributed by atoms with van der Waals surface area (Å²) in [5, 5.41) is 6.77. The van der Waals surface area contributed by atoms with Gasteiger partial charge in [-0.25, -0.2) is 4.79 Å². The maximum absolute atomic E-state index is 12.1. The quantitative estimate of drug-likeness (QED) is 0.854. The van der Waals surface area contributed by atoms with Crippen molar-refractivity contribution in [1.29, 1.82) is 0 Å². The second-order valence-electron chi connectivity index (χ2n) is 5.85. The van der Waals surface area contributed by atoms with E-state index in [0.29, 0.717) is 24.7 Å². The monoisotopic (exact) mass is 353 g/mol. The highest BCUT2D eigenvalue weighted by Gasteiger charge is 2.23. The van der Waals surface area contributed by atoms with E-state index in [1.54, 1.807) is 24.0 Å². The highest BCUT2D eigenvalue weighted by Crippen LogP contribution is 2.19. The number of carbonyl (C=O) groups excluding carboxylic acids is 2. The molecular formula is C17H24ClN3O3. The van der Waals surface area contributed by atoms with Gasteiger partial charge in [-0.15, -0.1) is 0 Å². The van der Waals surface area contributed by atoms with Gasteiger partial charge in [-0.05, 0) is 50.5 Å². The minimum atomic E-state index is -0.257. The van der Waals surface area contributed by atoms with Crippen molar-refractivity contribution in [1.82, 2.24) is 10.2 Å². The fraction of sp³-hybridized carbons (Fsp3) is 0.529. The SMILES string of the molecule is CCOC(=O)N1CCC(NCC(=O)Nc2ccc(Cl)cc2C)CC1. The van der Waals surface area contributed by atoms with Crippen LogP contribution in [0, 0.1) is 6.92 Å². The molecule has 0 aliphatic carbocycles. The first kappa shape index (κ1) is 18.5. The van der Waals surface area contributed by atoms with Gasteiger partial charge in [0.05, 0.1) is 13.2 Å². The Morgan fingerprint density at radius 3 is 2.67 bits per heavy atom. The van der Waals surface area contributed by atoms with Gasteiger partial charge in [0.15, 0.2) is 0 Å². The van der Waals surface area contributed by atoms with Crippen LogP contribution in [0.2, 0.25) is 5.02 Å². The first-order valence-electron chi connectivity index (χ1n) is 8.20. The maximum Gasteiger partial charge on any atom is 0.409 e. The molecule has 0 spiro atoms. The van der Waals surface area contributed by atoms with Crippen molar-refractivity contribution in [2.75, 3.05) is 31.6 Å². The first-order chi connectivity index (χ1) is 11.5. The summed E-state index contributed by atoms with van der Waals surface area (Å²) in [6.07, 6.45) is 1.37. The molecule has 2 N–H and O–H groups in total. The molecule has 6 nitrogen and oxygen atoms in total. The molecule has 1 aromatic carbocycles. The van der Waals surface area contributed by atoms with Crippen LogP contribution in [0.5, 0.6) is 0 Å². The van der Waals surface area contributed by atoms with Gasteiger partial charge in [-0.1, -0.05) is 11.6 Å². The number of piperidine rings is 1. The molecule has 2 amide bonds. The first-order valence-corrected chi connectivity index (χ1v) is 8.58. The third kappa shape index (κ3) is 5.39. The largest absolute Gasteiger partial charge is 0.450 e. The molecule has 1 aromatic rings. The molecule has 2 rings (SSSR count). The normalized spacial score (nSPS) is 15.2. The molecule has 24 heavy (non-hydrogen) atoms. The topological polar surface area (TPSA) is 70.7 Å². The molecular weight excluding hydrogens is 330 g/mol. The van der Waals surface area contributed by atoms with Gasteiger partial charge in [0.1, 0.15) is 0 Å². The van der Waals surface area contributed by atoms with E-state index in [0.717, 1.165) is 24.1 Å². The average Bonchev–Trinajstić information content (AvgIpc) is 2.56. The minimum Gasteiger partial charge on any atom is -0.450 e. The number of aryl methyl sites for hydroxylation is 1. The van der Waals surface area contributed by atoms with Crippen molar-refractivity contribution in [2.45, 2.75) is 32.7 Å². The summed E-state index contributed by atoms with van der Waals surface area (Å²) in [7, 11) is 0. The number of nitrogens with one attached hydrogen (secondary N) is 2. The van der Waals surface area contributed by atoms with Gasteiger partial charge in [0, 0.05) is 29.8 Å². The van der Waals surface area contributed by atoms with E-state index >= 15 is 0 Å². The molecule has 1 heterocycles. The summed E-state index contributed by atoms with van der Waals surface area (Å²) in [6, 6.07) is 5.60. The molecule has 0 unspecified atom stereocenters. The summed E-state index contributed by atoms with van der Waals surface area (Å²) in [5.41, 5.74) is 1.70. The highest BCUT2D eigenvalue weighted by molar-refractivity contribution is 6.30. The lowest BCUT2D eigenvalue weighted by molar-refractivity contribution is -0.115. The van der Waals surface area contributed by atoms with Crippen LogP contribution in [-0.4, -0.2) is 49.2 Å². The zero-order chi connectivity index (χ0) is 17.5. The van der Waals surface area contributed by atoms with Gasteiger partial charge < -0.3 is 20.3 Å². The van der Waals surface area contributed by atoms with E-state index in [2.05, 4.69) is 10.6 Å². The Kier molecular flexibility index (Phi) is 6.87. The molecule has 7 heteroatoms. The molecule has 132 valence electrons. The van der Waals surface area contributed by atoms with Crippen LogP contribution < -0.4 is 10.6 Å². The molecule has 0 aromatic heterocycles. The second kappa shape index (κ2) is 8.89. The van der Waals surface area contributed by atoms with Crippen LogP contribution in [0.3, 0.4) is 0 Å². The Labute approximate surface area is 147 Å². The number of hydrogen-bond donors (Lipinski definition) is 2. The number of likely N-dealkylation sites (tertiary alicyclic amines) is 1. The third-order valence-electron chi connectivity index (χ3n) is 4.03. The summed E-state index contributed by atoms with van der Waals surface area (Å²) in [5.74, 6) is -0.0896. The summed E-state index contributed by atoms with van der Waals surface area (Å²) in [4.78, 5) is 25.4. The zero-order valence-corrected chi connectivity index (χ0v) is 14.9. The van der Waals surface area contributed by atoms with E-state index in [1.807, 2.05) is 13.0 Å². The molecule has 1 fully saturated rings. The molecule has 0 atom stereocenters. The van der Waals surface area contributed by atoms with Crippen molar-refractivity contribution in [3.05, 3.63) is 28.8 Å². The number of rotatable bonds is 5. The van der Waals surface area contributed by atoms with E-state index in [4.69, 9.17) is 16.3 Å². The Balaban J connectivity index is 1.72. The lowest BCUT2D eigenvalue weighted by Crippen LogP contribution is -2.46. The zero-order valence-electron chi connectivity index (χ0n) is 14.1. The van der Waals surface area contributed by atoms with Crippen LogP contribution in [0.4, 0.5) is 10.5 Å². The number of ether oxygens (including phenoxy) is 1. The lowest BCUT2D eigenvalue weighted by atomic mass is 10.1. The Hall–Kier alpha value is -1.79. The van der Waals surface area contributed by atoms with E-state index < -0.39 is 0 Å². The van der Waals surface area contributed by atoms with E-state index in [-0.39, 0.29) is 24.6 Å². The Morgan fingerprint density at radius 2 is 2.04 bits per heavy atom. The van der Waals surface area contributed by atoms with Crippen molar-refractivity contribution in [2.24, 2.45) is 0 Å². The highest BCUT2D eigenvalue weighted by atomic mass is 35.5. The average molecular weight is 354 g/mol. The number of hydrogen-bond acceptors (Lipinski definition) is 4. The lowest BCUT2D eigenvalue weighted by Gasteiger charge is -2.31. The van der Waals surface area contributed by atoms with Crippen LogP contribution in [0.25, 0.3) is 0 Å². The summed E-state index contributed by atoms with van der Waals surface area (Å²) in [6.45, 7) is 5.63. The molecule has 0 bridgehead atoms. The number of halogens is 1. The van der Waals surface area contributed by atoms with Crippen molar-refractivity contribution >= 4 is 29.3 Å². The molecule has 1 saturated heterocycles. The minimum absolute atomic E-state index is 0.0896. The van der Waals surface area contributed by atoms with Crippen LogP contribution in [-0.2, 0) is 9.53 Å². The third-order valence-corrected chi connectivity index (χ3v) is 4.27. The number of amides is 2. The van der Waals surface area contributed by atoms with Crippen molar-refractivity contribution in [3.8, 4) is 0 Å². The van der Waals surface area contributed by atoms with Crippen LogP contribution in [0.1, 0.15) is 25.3 Å². The van der Waals surface area contributed by atoms with E-state index in [9.17, 15) is 9.59 Å². The standard InChI is InChI=1S/C17H24ClN3O3/c1-3-24-17(23)21-8-6-14(7-9-21)19-11-16(22)20-15-5-4-13(18)10-12(15)2/h4-5,10,14,19H,3,6-9,11H2,1-2H3,(H,20,22). The number of benzene rings is 1. The smallest absolute Gasteiger partial charge is 0.409 e. The molecule has 1 aliphatic heterocycles. The van der Waals surface area contributed by atoms with Crippen molar-refractivity contribution < 1.29 is 14.3 Å². The predicted molar refractivity (Wildman–Crippen MR) is 94.4 cm³/mol. The van der Waals surface area contributed by atoms with E-state index in [1.165, 1.54) is 0 Å². The van der Waals surface area contributed by atoms with Gasteiger partial charge in [0.25, 0.3) is 0 Å². The van der Waals surface area contributed by atoms with Crippen LogP contribution in [0.15, 0.2) is 18.2 Å². The summed E-state index contributed by atoms with van der Waals surface area (Å²) < 4.78 is 4.99. The van der Waals surface area contributed by atoms with Gasteiger partial charge in [-0.2, -0.15) is 0 Å². The fourth-order valence-corrected chi connectivity index (χ4v) is 2.91. The van der Waals surface area contributed by atoms with Gasteiger partial charge in [0.2, 0.25) is 5.91 Å². The number of anilines is 1. The Morgan fingerprint density at radius 1 is 1.33 bits per heavy atom. The van der Waals surface area contributed by atoms with Gasteiger partial charge in [-0.3, -0.25) is 4.79 Å². The van der Waals surface area contributed by atoms with Crippen molar-refractivity contribution in [3.63, 3.8) is 0 Å². The van der Waals surface area contributed by atoms with Gasteiger partial charge >= 0.3 is 6.09 Å².